The summed E-state index contributed by atoms with van der Waals surface area (Å²) in [6, 6.07) is 4.72. The lowest BCUT2D eigenvalue weighted by atomic mass is 10.0. The molecular weight excluding hydrogens is 716 g/mol. The van der Waals surface area contributed by atoms with Gasteiger partial charge in [-0.1, -0.05) is 116 Å². The Balaban J connectivity index is 3.02. The van der Waals surface area contributed by atoms with Gasteiger partial charge in [0.05, 0.1) is 18.9 Å². The summed E-state index contributed by atoms with van der Waals surface area (Å²) in [6.45, 7) is 16.0. The third-order valence-electron chi connectivity index (χ3n) is 9.05. The van der Waals surface area contributed by atoms with Crippen molar-refractivity contribution in [1.82, 2.24) is 16.0 Å². The molecule has 1 aromatic rings. The maximum absolute atomic E-state index is 13.6. The van der Waals surface area contributed by atoms with E-state index in [-0.39, 0.29) is 31.3 Å². The standard InChI is InChI=1S/C43H72N4O9/c1-10-11-12-13-14-15-16-17-21-24-33(26-36(48)54-28-32-22-19-18-20-23-32)55-42(53)31(6)45-39(50)34(25-29(2)3)46-40(51)35(27-37(49)56-43(7,8)9)47-41(52)38(44)30(4)5/h18-20,22-23,29-31,33-35,38H,10-17,21,24-28,44H2,1-9H3,(H,45,50)(H,46,51)(H,47,52)/t31-,33?,34+,35-,38-/m0/s1. The van der Waals surface area contributed by atoms with E-state index < -0.39 is 77.9 Å². The van der Waals surface area contributed by atoms with E-state index in [4.69, 9.17) is 19.9 Å². The highest BCUT2D eigenvalue weighted by Crippen LogP contribution is 2.17. The molecule has 0 saturated carbocycles. The second-order valence-corrected chi connectivity index (χ2v) is 16.6. The number of rotatable bonds is 27. The Morgan fingerprint density at radius 2 is 1.25 bits per heavy atom. The first kappa shape index (κ1) is 50.0. The first-order chi connectivity index (χ1) is 26.3. The average molecular weight is 789 g/mol. The molecule has 0 aromatic heterocycles. The summed E-state index contributed by atoms with van der Waals surface area (Å²) in [7, 11) is 0. The van der Waals surface area contributed by atoms with Gasteiger partial charge in [0.2, 0.25) is 17.7 Å². The predicted molar refractivity (Wildman–Crippen MR) is 217 cm³/mol. The highest BCUT2D eigenvalue weighted by atomic mass is 16.6. The molecule has 318 valence electrons. The zero-order valence-electron chi connectivity index (χ0n) is 35.6. The number of ether oxygens (including phenoxy) is 3. The first-order valence-corrected chi connectivity index (χ1v) is 20.6. The number of nitrogens with two attached hydrogens (primary N) is 1. The van der Waals surface area contributed by atoms with Gasteiger partial charge in [0.25, 0.3) is 0 Å². The van der Waals surface area contributed by atoms with Crippen LogP contribution in [0.25, 0.3) is 0 Å². The summed E-state index contributed by atoms with van der Waals surface area (Å²) in [5.74, 6) is -4.34. The topological polar surface area (TPSA) is 192 Å². The van der Waals surface area contributed by atoms with Gasteiger partial charge in [0.15, 0.2) is 0 Å². The van der Waals surface area contributed by atoms with Gasteiger partial charge in [-0.2, -0.15) is 0 Å². The number of carbonyl (C=O) groups is 6. The minimum atomic E-state index is -1.38. The van der Waals surface area contributed by atoms with E-state index >= 15 is 0 Å². The Hall–Kier alpha value is -4.00. The van der Waals surface area contributed by atoms with Crippen molar-refractivity contribution in [3.05, 3.63) is 35.9 Å². The maximum Gasteiger partial charge on any atom is 0.328 e. The largest absolute Gasteiger partial charge is 0.461 e. The molecule has 0 saturated heterocycles. The van der Waals surface area contributed by atoms with Gasteiger partial charge in [-0.25, -0.2) is 4.79 Å². The lowest BCUT2D eigenvalue weighted by molar-refractivity contribution is -0.159. The summed E-state index contributed by atoms with van der Waals surface area (Å²) >= 11 is 0. The summed E-state index contributed by atoms with van der Waals surface area (Å²) in [4.78, 5) is 79.1. The van der Waals surface area contributed by atoms with Crippen molar-refractivity contribution in [2.75, 3.05) is 0 Å². The minimum absolute atomic E-state index is 0.0656. The number of esters is 3. The van der Waals surface area contributed by atoms with Crippen LogP contribution in [0.4, 0.5) is 0 Å². The van der Waals surface area contributed by atoms with E-state index in [1.165, 1.54) is 39.0 Å². The highest BCUT2D eigenvalue weighted by molar-refractivity contribution is 5.96. The Bertz CT molecular complexity index is 1350. The Labute approximate surface area is 335 Å². The quantitative estimate of drug-likeness (QED) is 0.0454. The number of hydrogen-bond acceptors (Lipinski definition) is 10. The average Bonchev–Trinajstić information content (AvgIpc) is 3.11. The number of amides is 3. The second-order valence-electron chi connectivity index (χ2n) is 16.6. The lowest BCUT2D eigenvalue weighted by Crippen LogP contribution is -2.58. The van der Waals surface area contributed by atoms with Gasteiger partial charge in [-0.15, -0.1) is 0 Å². The van der Waals surface area contributed by atoms with E-state index in [0.717, 1.165) is 31.2 Å². The van der Waals surface area contributed by atoms with Crippen molar-refractivity contribution in [3.8, 4) is 0 Å². The zero-order valence-corrected chi connectivity index (χ0v) is 35.6. The molecule has 5 N–H and O–H groups in total. The van der Waals surface area contributed by atoms with Crippen LogP contribution in [0.15, 0.2) is 30.3 Å². The molecule has 5 atom stereocenters. The zero-order chi connectivity index (χ0) is 42.3. The maximum atomic E-state index is 13.6. The van der Waals surface area contributed by atoms with E-state index in [0.29, 0.717) is 6.42 Å². The van der Waals surface area contributed by atoms with Crippen molar-refractivity contribution in [2.24, 2.45) is 17.6 Å². The third kappa shape index (κ3) is 22.5. The van der Waals surface area contributed by atoms with Crippen LogP contribution in [0.2, 0.25) is 0 Å². The van der Waals surface area contributed by atoms with Crippen LogP contribution < -0.4 is 21.7 Å². The molecule has 13 nitrogen and oxygen atoms in total. The Morgan fingerprint density at radius 3 is 1.80 bits per heavy atom. The summed E-state index contributed by atoms with van der Waals surface area (Å²) in [5, 5.41) is 7.85. The van der Waals surface area contributed by atoms with Crippen molar-refractivity contribution >= 4 is 35.6 Å². The molecule has 0 spiro atoms. The van der Waals surface area contributed by atoms with E-state index in [9.17, 15) is 28.8 Å². The fourth-order valence-electron chi connectivity index (χ4n) is 5.81. The van der Waals surface area contributed by atoms with Gasteiger partial charge < -0.3 is 35.9 Å². The van der Waals surface area contributed by atoms with Crippen molar-refractivity contribution in [3.63, 3.8) is 0 Å². The van der Waals surface area contributed by atoms with Crippen LogP contribution in [0.1, 0.15) is 151 Å². The van der Waals surface area contributed by atoms with E-state index in [1.807, 2.05) is 44.2 Å². The number of hydrogen-bond donors (Lipinski definition) is 4. The highest BCUT2D eigenvalue weighted by Gasteiger charge is 2.33. The molecule has 0 bridgehead atoms. The summed E-state index contributed by atoms with van der Waals surface area (Å²) in [6.07, 6.45) is 9.25. The predicted octanol–water partition coefficient (Wildman–Crippen LogP) is 6.19. The van der Waals surface area contributed by atoms with E-state index in [1.54, 1.807) is 34.6 Å². The third-order valence-corrected chi connectivity index (χ3v) is 9.05. The molecule has 1 rings (SSSR count). The van der Waals surface area contributed by atoms with Gasteiger partial charge in [-0.05, 0) is 64.4 Å². The Kier molecular flexibility index (Phi) is 23.9. The van der Waals surface area contributed by atoms with Crippen LogP contribution in [-0.2, 0) is 49.6 Å². The van der Waals surface area contributed by atoms with Crippen molar-refractivity contribution in [1.29, 1.82) is 0 Å². The SMILES string of the molecule is CCCCCCCCCCCC(CC(=O)OCc1ccccc1)OC(=O)[C@H](C)NC(=O)[C@@H](CC(C)C)NC(=O)[C@H](CC(=O)OC(C)(C)C)NC(=O)[C@@H](N)C(C)C. The molecule has 0 aliphatic carbocycles. The number of benzene rings is 1. The molecule has 0 aliphatic rings. The molecule has 0 heterocycles. The molecule has 56 heavy (non-hydrogen) atoms. The van der Waals surface area contributed by atoms with Crippen LogP contribution in [0.5, 0.6) is 0 Å². The van der Waals surface area contributed by atoms with Gasteiger partial charge in [-0.3, -0.25) is 24.0 Å². The number of unbranched alkanes of at least 4 members (excludes halogenated alkanes) is 8. The van der Waals surface area contributed by atoms with Gasteiger partial charge in [0.1, 0.15) is 36.4 Å². The number of carbonyl (C=O) groups excluding carboxylic acids is 6. The minimum Gasteiger partial charge on any atom is -0.461 e. The lowest BCUT2D eigenvalue weighted by Gasteiger charge is -2.27. The monoisotopic (exact) mass is 789 g/mol. The van der Waals surface area contributed by atoms with Crippen LogP contribution in [-0.4, -0.2) is 71.5 Å². The summed E-state index contributed by atoms with van der Waals surface area (Å²) < 4.78 is 16.7. The molecule has 1 aromatic carbocycles. The smallest absolute Gasteiger partial charge is 0.328 e. The fraction of sp³-hybridized carbons (Fsp3) is 0.721. The van der Waals surface area contributed by atoms with E-state index in [2.05, 4.69) is 22.9 Å². The second kappa shape index (κ2) is 26.8. The molecular formula is C43H72N4O9. The van der Waals surface area contributed by atoms with Crippen LogP contribution >= 0.6 is 0 Å². The molecule has 0 fully saturated rings. The fourth-order valence-corrected chi connectivity index (χ4v) is 5.81. The summed E-state index contributed by atoms with van der Waals surface area (Å²) in [5.41, 5.74) is 6.01. The van der Waals surface area contributed by atoms with Gasteiger partial charge >= 0.3 is 17.9 Å². The normalized spacial score (nSPS) is 14.2. The molecule has 13 heteroatoms. The van der Waals surface area contributed by atoms with Gasteiger partial charge in [0, 0.05) is 0 Å². The first-order valence-electron chi connectivity index (χ1n) is 20.6. The molecule has 3 amide bonds. The van der Waals surface area contributed by atoms with Crippen LogP contribution in [0.3, 0.4) is 0 Å². The van der Waals surface area contributed by atoms with Crippen molar-refractivity contribution in [2.45, 2.75) is 188 Å². The molecule has 0 radical (unpaired) electrons. The van der Waals surface area contributed by atoms with Crippen LogP contribution in [0, 0.1) is 11.8 Å². The Morgan fingerprint density at radius 1 is 0.696 bits per heavy atom. The van der Waals surface area contributed by atoms with Crippen molar-refractivity contribution < 1.29 is 43.0 Å². The number of nitrogens with one attached hydrogen (secondary N) is 3. The molecule has 0 aliphatic heterocycles. The molecule has 1 unspecified atom stereocenters.